The Bertz CT molecular complexity index is 756. The molecule has 1 atom stereocenters. The molecule has 0 N–H and O–H groups in total. The van der Waals surface area contributed by atoms with Crippen molar-refractivity contribution in [3.8, 4) is 5.75 Å². The van der Waals surface area contributed by atoms with Crippen molar-refractivity contribution < 1.29 is 18.8 Å². The van der Waals surface area contributed by atoms with Gasteiger partial charge in [0.15, 0.2) is 0 Å². The molecule has 0 bridgehead atoms. The molecule has 1 unspecified atom stereocenters. The normalized spacial score (nSPS) is 19.7. The summed E-state index contributed by atoms with van der Waals surface area (Å²) < 4.78 is 24.1. The second-order valence-electron chi connectivity index (χ2n) is 8.00. The number of hydrogen-bond acceptors (Lipinski definition) is 4. The summed E-state index contributed by atoms with van der Waals surface area (Å²) in [6, 6.07) is 12.4. The minimum absolute atomic E-state index is 0.0392. The smallest absolute Gasteiger partial charge is 0.491 e. The van der Waals surface area contributed by atoms with Crippen molar-refractivity contribution in [2.75, 3.05) is 13.7 Å². The van der Waals surface area contributed by atoms with E-state index in [1.54, 1.807) is 7.11 Å². The molecule has 0 radical (unpaired) electrons. The summed E-state index contributed by atoms with van der Waals surface area (Å²) in [5, 5.41) is 2.25. The molecule has 1 aliphatic heterocycles. The molecule has 2 aromatic rings. The summed E-state index contributed by atoms with van der Waals surface area (Å²) in [4.78, 5) is 0. The molecular formula is C21H29BO4. The zero-order chi connectivity index (χ0) is 18.9. The van der Waals surface area contributed by atoms with E-state index in [0.29, 0.717) is 6.61 Å². The Labute approximate surface area is 156 Å². The van der Waals surface area contributed by atoms with Gasteiger partial charge in [0.1, 0.15) is 5.75 Å². The summed E-state index contributed by atoms with van der Waals surface area (Å²) in [6.45, 7) is 11.0. The lowest BCUT2D eigenvalue weighted by molar-refractivity contribution is 0.00578. The first-order valence-electron chi connectivity index (χ1n) is 9.28. The molecule has 0 aromatic heterocycles. The van der Waals surface area contributed by atoms with Crippen LogP contribution < -0.4 is 10.2 Å². The van der Waals surface area contributed by atoms with Crippen LogP contribution in [0.2, 0.25) is 0 Å². The molecule has 0 aliphatic carbocycles. The van der Waals surface area contributed by atoms with E-state index in [1.165, 1.54) is 0 Å². The fourth-order valence-electron chi connectivity index (χ4n) is 3.14. The summed E-state index contributed by atoms with van der Waals surface area (Å²) in [7, 11) is 1.24. The van der Waals surface area contributed by atoms with E-state index in [4.69, 9.17) is 18.8 Å². The number of hydrogen-bond donors (Lipinski definition) is 0. The van der Waals surface area contributed by atoms with Crippen molar-refractivity contribution in [3.63, 3.8) is 0 Å². The molecule has 1 aliphatic rings. The van der Waals surface area contributed by atoms with Crippen molar-refractivity contribution in [3.05, 3.63) is 36.4 Å². The van der Waals surface area contributed by atoms with Crippen LogP contribution in [0.4, 0.5) is 0 Å². The van der Waals surface area contributed by atoms with Crippen LogP contribution in [0.25, 0.3) is 10.8 Å². The molecule has 0 saturated carbocycles. The second-order valence-corrected chi connectivity index (χ2v) is 8.00. The van der Waals surface area contributed by atoms with E-state index in [-0.39, 0.29) is 6.10 Å². The Morgan fingerprint density at radius 1 is 1.00 bits per heavy atom. The van der Waals surface area contributed by atoms with Gasteiger partial charge in [0.25, 0.3) is 0 Å². The van der Waals surface area contributed by atoms with Gasteiger partial charge in [0.2, 0.25) is 0 Å². The van der Waals surface area contributed by atoms with Gasteiger partial charge >= 0.3 is 7.12 Å². The fourth-order valence-corrected chi connectivity index (χ4v) is 3.14. The van der Waals surface area contributed by atoms with E-state index in [0.717, 1.165) is 28.4 Å². The number of ether oxygens (including phenoxy) is 2. The maximum atomic E-state index is 6.33. The van der Waals surface area contributed by atoms with Crippen LogP contribution in [0.15, 0.2) is 36.4 Å². The van der Waals surface area contributed by atoms with Gasteiger partial charge in [-0.05, 0) is 51.5 Å². The van der Waals surface area contributed by atoms with E-state index < -0.39 is 18.3 Å². The minimum atomic E-state index is -0.462. The Morgan fingerprint density at radius 2 is 1.65 bits per heavy atom. The Morgan fingerprint density at radius 3 is 2.31 bits per heavy atom. The van der Waals surface area contributed by atoms with Crippen LogP contribution >= 0.6 is 0 Å². The third kappa shape index (κ3) is 3.61. The van der Waals surface area contributed by atoms with Crippen molar-refractivity contribution in [2.24, 2.45) is 0 Å². The van der Waals surface area contributed by atoms with Crippen molar-refractivity contribution >= 4 is 23.4 Å². The zero-order valence-corrected chi connectivity index (χ0v) is 16.7. The van der Waals surface area contributed by atoms with Crippen LogP contribution in [-0.2, 0) is 14.0 Å². The number of rotatable bonds is 6. The first-order chi connectivity index (χ1) is 12.2. The van der Waals surface area contributed by atoms with E-state index in [1.807, 2.05) is 18.2 Å². The highest BCUT2D eigenvalue weighted by atomic mass is 16.7. The van der Waals surface area contributed by atoms with Gasteiger partial charge in [-0.3, -0.25) is 0 Å². The van der Waals surface area contributed by atoms with E-state index in [9.17, 15) is 0 Å². The van der Waals surface area contributed by atoms with Gasteiger partial charge in [-0.2, -0.15) is 0 Å². The van der Waals surface area contributed by atoms with Crippen LogP contribution in [0.3, 0.4) is 0 Å². The summed E-state index contributed by atoms with van der Waals surface area (Å²) in [6.07, 6.45) is 0.865. The molecule has 0 amide bonds. The zero-order valence-electron chi connectivity index (χ0n) is 16.7. The Balaban J connectivity index is 2.02. The van der Waals surface area contributed by atoms with Gasteiger partial charge in [-0.25, -0.2) is 0 Å². The summed E-state index contributed by atoms with van der Waals surface area (Å²) in [5.41, 5.74) is 0.173. The molecule has 3 rings (SSSR count). The molecular weight excluding hydrogens is 327 g/mol. The molecule has 1 heterocycles. The predicted octanol–water partition coefficient (Wildman–Crippen LogP) is 3.94. The van der Waals surface area contributed by atoms with E-state index in [2.05, 4.69) is 52.8 Å². The fraction of sp³-hybridized carbons (Fsp3) is 0.524. The van der Waals surface area contributed by atoms with Crippen molar-refractivity contribution in [1.82, 2.24) is 0 Å². The van der Waals surface area contributed by atoms with E-state index >= 15 is 0 Å². The summed E-state index contributed by atoms with van der Waals surface area (Å²) >= 11 is 0. The topological polar surface area (TPSA) is 36.9 Å². The van der Waals surface area contributed by atoms with Gasteiger partial charge in [0, 0.05) is 25.6 Å². The third-order valence-electron chi connectivity index (χ3n) is 5.48. The first-order valence-corrected chi connectivity index (χ1v) is 9.28. The van der Waals surface area contributed by atoms with Crippen LogP contribution in [-0.4, -0.2) is 38.1 Å². The maximum absolute atomic E-state index is 6.33. The first kappa shape index (κ1) is 19.2. The predicted molar refractivity (Wildman–Crippen MR) is 106 cm³/mol. The van der Waals surface area contributed by atoms with Crippen molar-refractivity contribution in [1.29, 1.82) is 0 Å². The summed E-state index contributed by atoms with van der Waals surface area (Å²) in [5.74, 6) is 0.811. The third-order valence-corrected chi connectivity index (χ3v) is 5.48. The highest BCUT2D eigenvalue weighted by molar-refractivity contribution is 6.66. The SMILES string of the molecule is COCCC(C)Oc1ccc2ccccc2c1B1OC(C)(C)C(C)(C)O1. The molecule has 26 heavy (non-hydrogen) atoms. The van der Waals surface area contributed by atoms with Gasteiger partial charge in [0.05, 0.1) is 17.3 Å². The minimum Gasteiger partial charge on any atom is -0.491 e. The van der Waals surface area contributed by atoms with Crippen molar-refractivity contribution in [2.45, 2.75) is 58.3 Å². The number of fused-ring (bicyclic) bond motifs is 1. The lowest BCUT2D eigenvalue weighted by Crippen LogP contribution is -2.41. The maximum Gasteiger partial charge on any atom is 0.499 e. The lowest BCUT2D eigenvalue weighted by atomic mass is 9.75. The molecule has 0 spiro atoms. The second kappa shape index (κ2) is 7.22. The molecule has 140 valence electrons. The van der Waals surface area contributed by atoms with Crippen LogP contribution in [0.5, 0.6) is 5.75 Å². The monoisotopic (exact) mass is 356 g/mol. The van der Waals surface area contributed by atoms with Crippen LogP contribution in [0, 0.1) is 0 Å². The standard InChI is InChI=1S/C21H29BO4/c1-15(13-14-23-6)24-18-12-11-16-9-7-8-10-17(16)19(18)22-25-20(2,3)21(4,5)26-22/h7-12,15H,13-14H2,1-6H3. The Hall–Kier alpha value is -1.56. The number of methoxy groups -OCH3 is 1. The van der Waals surface area contributed by atoms with Crippen LogP contribution in [0.1, 0.15) is 41.0 Å². The van der Waals surface area contributed by atoms with Gasteiger partial charge < -0.3 is 18.8 Å². The lowest BCUT2D eigenvalue weighted by Gasteiger charge is -2.32. The van der Waals surface area contributed by atoms with Gasteiger partial charge in [-0.1, -0.05) is 30.3 Å². The number of benzene rings is 2. The molecule has 1 fully saturated rings. The Kier molecular flexibility index (Phi) is 5.34. The quantitative estimate of drug-likeness (QED) is 0.735. The largest absolute Gasteiger partial charge is 0.499 e. The highest BCUT2D eigenvalue weighted by Crippen LogP contribution is 2.38. The highest BCUT2D eigenvalue weighted by Gasteiger charge is 2.53. The van der Waals surface area contributed by atoms with Gasteiger partial charge in [-0.15, -0.1) is 0 Å². The molecule has 1 saturated heterocycles. The molecule has 4 nitrogen and oxygen atoms in total. The molecule has 2 aromatic carbocycles. The average Bonchev–Trinajstić information content (AvgIpc) is 2.80. The average molecular weight is 356 g/mol. The molecule has 5 heteroatoms.